The Hall–Kier alpha value is -0.840. The highest BCUT2D eigenvalue weighted by atomic mass is 35.5. The van der Waals surface area contributed by atoms with Gasteiger partial charge in [0.2, 0.25) is 5.91 Å². The molecule has 15 heavy (non-hydrogen) atoms. The molecule has 82 valence electrons. The van der Waals surface area contributed by atoms with E-state index in [-0.39, 0.29) is 16.5 Å². The minimum atomic E-state index is -0.831. The van der Waals surface area contributed by atoms with Crippen LogP contribution >= 0.6 is 23.2 Å². The van der Waals surface area contributed by atoms with Gasteiger partial charge < -0.3 is 11.5 Å². The molecule has 4 N–H and O–H groups in total. The van der Waals surface area contributed by atoms with E-state index in [1.54, 1.807) is 0 Å². The van der Waals surface area contributed by atoms with Crippen LogP contribution in [0.3, 0.4) is 0 Å². The fraction of sp³-hybridized carbons (Fsp3) is 0.222. The third kappa shape index (κ3) is 3.06. The summed E-state index contributed by atoms with van der Waals surface area (Å²) in [5.74, 6) is -1.32. The van der Waals surface area contributed by atoms with Gasteiger partial charge in [0, 0.05) is 0 Å². The van der Waals surface area contributed by atoms with Crippen molar-refractivity contribution in [1.82, 2.24) is 0 Å². The lowest BCUT2D eigenvalue weighted by Gasteiger charge is -2.08. The molecule has 0 bridgehead atoms. The number of carbonyl (C=O) groups excluding carboxylic acids is 1. The topological polar surface area (TPSA) is 69.1 Å². The molecule has 0 spiro atoms. The number of halogens is 3. The monoisotopic (exact) mass is 250 g/mol. The Labute approximate surface area is 96.1 Å². The van der Waals surface area contributed by atoms with Crippen molar-refractivity contribution in [3.8, 4) is 0 Å². The van der Waals surface area contributed by atoms with Crippen molar-refractivity contribution in [3.05, 3.63) is 33.6 Å². The number of hydrogen-bond donors (Lipinski definition) is 2. The van der Waals surface area contributed by atoms with E-state index in [1.165, 1.54) is 12.1 Å². The molecule has 1 atom stereocenters. The summed E-state index contributed by atoms with van der Waals surface area (Å²) in [5.41, 5.74) is 11.0. The number of nitrogens with two attached hydrogens (primary N) is 2. The van der Waals surface area contributed by atoms with E-state index < -0.39 is 17.8 Å². The summed E-state index contributed by atoms with van der Waals surface area (Å²) in [5, 5.41) is -0.205. The van der Waals surface area contributed by atoms with E-state index in [9.17, 15) is 9.18 Å². The normalized spacial score (nSPS) is 12.5. The molecule has 1 rings (SSSR count). The fourth-order valence-corrected chi connectivity index (χ4v) is 1.61. The number of amides is 1. The van der Waals surface area contributed by atoms with Gasteiger partial charge in [0.1, 0.15) is 0 Å². The molecule has 1 aromatic rings. The quantitative estimate of drug-likeness (QED) is 0.799. The van der Waals surface area contributed by atoms with Crippen molar-refractivity contribution in [1.29, 1.82) is 0 Å². The maximum Gasteiger partial charge on any atom is 0.234 e. The van der Waals surface area contributed by atoms with Crippen LogP contribution in [0.4, 0.5) is 4.39 Å². The molecule has 0 aliphatic heterocycles. The van der Waals surface area contributed by atoms with E-state index in [0.29, 0.717) is 5.56 Å². The lowest BCUT2D eigenvalue weighted by Crippen LogP contribution is -2.38. The van der Waals surface area contributed by atoms with Gasteiger partial charge in [-0.3, -0.25) is 4.79 Å². The van der Waals surface area contributed by atoms with Crippen LogP contribution in [-0.4, -0.2) is 11.9 Å². The molecule has 1 unspecified atom stereocenters. The van der Waals surface area contributed by atoms with Gasteiger partial charge in [-0.25, -0.2) is 4.39 Å². The molecule has 0 fully saturated rings. The lowest BCUT2D eigenvalue weighted by molar-refractivity contribution is -0.119. The van der Waals surface area contributed by atoms with Crippen molar-refractivity contribution in [3.63, 3.8) is 0 Å². The molecule has 6 heteroatoms. The molecule has 0 saturated heterocycles. The molecule has 3 nitrogen and oxygen atoms in total. The Morgan fingerprint density at radius 1 is 1.40 bits per heavy atom. The van der Waals surface area contributed by atoms with Gasteiger partial charge in [-0.05, 0) is 24.1 Å². The van der Waals surface area contributed by atoms with E-state index in [1.807, 2.05) is 0 Å². The molecule has 0 heterocycles. The lowest BCUT2D eigenvalue weighted by atomic mass is 10.1. The van der Waals surface area contributed by atoms with Crippen LogP contribution < -0.4 is 11.5 Å². The van der Waals surface area contributed by atoms with Gasteiger partial charge in [0.25, 0.3) is 0 Å². The molecule has 1 aromatic carbocycles. The molecule has 1 amide bonds. The Morgan fingerprint density at radius 3 is 2.27 bits per heavy atom. The number of carbonyl (C=O) groups is 1. The Kier molecular flexibility index (Phi) is 3.90. The molecular formula is C9H9Cl2FN2O. The van der Waals surface area contributed by atoms with Crippen molar-refractivity contribution in [2.45, 2.75) is 12.5 Å². The summed E-state index contributed by atoms with van der Waals surface area (Å²) in [6, 6.07) is 1.90. The van der Waals surface area contributed by atoms with Crippen molar-refractivity contribution in [2.75, 3.05) is 0 Å². The summed E-state index contributed by atoms with van der Waals surface area (Å²) in [4.78, 5) is 10.7. The zero-order valence-corrected chi connectivity index (χ0v) is 9.15. The molecular weight excluding hydrogens is 242 g/mol. The average molecular weight is 251 g/mol. The van der Waals surface area contributed by atoms with E-state index in [0.717, 1.165) is 0 Å². The van der Waals surface area contributed by atoms with Crippen molar-refractivity contribution in [2.24, 2.45) is 11.5 Å². The Balaban J connectivity index is 2.92. The highest BCUT2D eigenvalue weighted by Gasteiger charge is 2.13. The predicted molar refractivity (Wildman–Crippen MR) is 57.3 cm³/mol. The first kappa shape index (κ1) is 12.2. The summed E-state index contributed by atoms with van der Waals surface area (Å²) in [6.45, 7) is 0. The van der Waals surface area contributed by atoms with Gasteiger partial charge in [0.05, 0.1) is 16.1 Å². The number of benzene rings is 1. The van der Waals surface area contributed by atoms with Gasteiger partial charge in [-0.15, -0.1) is 0 Å². The summed E-state index contributed by atoms with van der Waals surface area (Å²) < 4.78 is 13.0. The first-order chi connectivity index (χ1) is 6.91. The highest BCUT2D eigenvalue weighted by molar-refractivity contribution is 6.35. The van der Waals surface area contributed by atoms with Crippen molar-refractivity contribution >= 4 is 29.1 Å². The Morgan fingerprint density at radius 2 is 1.87 bits per heavy atom. The maximum absolute atomic E-state index is 13.0. The van der Waals surface area contributed by atoms with Gasteiger partial charge in [-0.1, -0.05) is 23.2 Å². The van der Waals surface area contributed by atoms with Crippen molar-refractivity contribution < 1.29 is 9.18 Å². The minimum absolute atomic E-state index is 0.103. The molecule has 0 saturated carbocycles. The standard InChI is InChI=1S/C9H9Cl2FN2O/c10-5-1-4(2-6(11)8(5)12)3-7(13)9(14)15/h1-2,7H,3,13H2,(H2,14,15). The molecule has 0 aliphatic rings. The second kappa shape index (κ2) is 4.79. The van der Waals surface area contributed by atoms with Crippen LogP contribution in [0.1, 0.15) is 5.56 Å². The van der Waals surface area contributed by atoms with E-state index in [2.05, 4.69) is 0 Å². The SMILES string of the molecule is NC(=O)C(N)Cc1cc(Cl)c(F)c(Cl)c1. The zero-order valence-electron chi connectivity index (χ0n) is 7.64. The third-order valence-corrected chi connectivity index (χ3v) is 2.41. The largest absolute Gasteiger partial charge is 0.368 e. The van der Waals surface area contributed by atoms with E-state index in [4.69, 9.17) is 34.7 Å². The zero-order chi connectivity index (χ0) is 11.6. The smallest absolute Gasteiger partial charge is 0.234 e. The molecule has 0 radical (unpaired) electrons. The van der Waals surface area contributed by atoms with Crippen LogP contribution in [0.2, 0.25) is 10.0 Å². The van der Waals surface area contributed by atoms with Gasteiger partial charge >= 0.3 is 0 Å². The summed E-state index contributed by atoms with van der Waals surface area (Å²) in [7, 11) is 0. The van der Waals surface area contributed by atoms with Crippen LogP contribution in [0.15, 0.2) is 12.1 Å². The summed E-state index contributed by atoms with van der Waals surface area (Å²) in [6.07, 6.45) is 0.176. The highest BCUT2D eigenvalue weighted by Crippen LogP contribution is 2.25. The first-order valence-electron chi connectivity index (χ1n) is 4.10. The van der Waals surface area contributed by atoms with E-state index >= 15 is 0 Å². The van der Waals surface area contributed by atoms with Gasteiger partial charge in [0.15, 0.2) is 5.82 Å². The fourth-order valence-electron chi connectivity index (χ4n) is 1.08. The minimum Gasteiger partial charge on any atom is -0.368 e. The Bertz CT molecular complexity index is 375. The first-order valence-corrected chi connectivity index (χ1v) is 4.85. The third-order valence-electron chi connectivity index (χ3n) is 1.86. The maximum atomic E-state index is 13.0. The second-order valence-electron chi connectivity index (χ2n) is 3.09. The second-order valence-corrected chi connectivity index (χ2v) is 3.90. The average Bonchev–Trinajstić information content (AvgIpc) is 2.13. The van der Waals surface area contributed by atoms with Crippen LogP contribution in [0.5, 0.6) is 0 Å². The van der Waals surface area contributed by atoms with Crippen LogP contribution in [0, 0.1) is 5.82 Å². The number of hydrogen-bond acceptors (Lipinski definition) is 2. The van der Waals surface area contributed by atoms with Crippen LogP contribution in [-0.2, 0) is 11.2 Å². The molecule has 0 aliphatic carbocycles. The predicted octanol–water partition coefficient (Wildman–Crippen LogP) is 1.49. The summed E-state index contributed by atoms with van der Waals surface area (Å²) >= 11 is 11.1. The van der Waals surface area contributed by atoms with Crippen LogP contribution in [0.25, 0.3) is 0 Å². The number of primary amides is 1. The molecule has 0 aromatic heterocycles. The van der Waals surface area contributed by atoms with Gasteiger partial charge in [-0.2, -0.15) is 0 Å². The number of rotatable bonds is 3.